The Morgan fingerprint density at radius 1 is 1.33 bits per heavy atom. The number of thioether (sulfide) groups is 1. The Morgan fingerprint density at radius 2 is 2.00 bits per heavy atom. The van der Waals surface area contributed by atoms with E-state index in [1.54, 1.807) is 31.2 Å². The molecule has 0 radical (unpaired) electrons. The number of carbonyl (C=O) groups is 1. The lowest BCUT2D eigenvalue weighted by Gasteiger charge is -2.27. The third-order valence-electron chi connectivity index (χ3n) is 3.07. The predicted molar refractivity (Wildman–Crippen MR) is 82.9 cm³/mol. The number of rotatable bonds is 9. The summed E-state index contributed by atoms with van der Waals surface area (Å²) in [5.74, 6) is -1.01. The minimum atomic E-state index is -2.47. The normalized spacial score (nSPS) is 15.2. The lowest BCUT2D eigenvalue weighted by Crippen LogP contribution is -2.43. The van der Waals surface area contributed by atoms with Crippen LogP contribution in [0.25, 0.3) is 0 Å². The SMILES string of the molecule is CCCCCC(O)C(F)(Sc1ccccc1)C(=O)OCC. The van der Waals surface area contributed by atoms with E-state index in [1.807, 2.05) is 13.0 Å². The Balaban J connectivity index is 2.85. The molecule has 0 fully saturated rings. The number of ether oxygens (including phenoxy) is 1. The van der Waals surface area contributed by atoms with Crippen LogP contribution in [0, 0.1) is 0 Å². The van der Waals surface area contributed by atoms with E-state index in [2.05, 4.69) is 0 Å². The van der Waals surface area contributed by atoms with E-state index in [0.717, 1.165) is 12.8 Å². The van der Waals surface area contributed by atoms with Gasteiger partial charge in [0.2, 0.25) is 0 Å². The smallest absolute Gasteiger partial charge is 0.357 e. The molecule has 2 atom stereocenters. The first-order valence-electron chi connectivity index (χ1n) is 7.32. The minimum absolute atomic E-state index is 0.0849. The molecule has 1 rings (SSSR count). The second-order valence-corrected chi connectivity index (χ2v) is 6.06. The molecule has 118 valence electrons. The molecule has 0 aromatic heterocycles. The highest BCUT2D eigenvalue weighted by atomic mass is 32.2. The molecule has 0 saturated heterocycles. The second-order valence-electron chi connectivity index (χ2n) is 4.79. The first-order chi connectivity index (χ1) is 10.0. The maximum atomic E-state index is 15.1. The van der Waals surface area contributed by atoms with E-state index in [0.29, 0.717) is 23.1 Å². The zero-order chi connectivity index (χ0) is 15.7. The second kappa shape index (κ2) is 9.05. The number of hydrogen-bond donors (Lipinski definition) is 1. The molecule has 0 aliphatic heterocycles. The van der Waals surface area contributed by atoms with E-state index in [9.17, 15) is 9.90 Å². The highest BCUT2D eigenvalue weighted by Gasteiger charge is 2.48. The average Bonchev–Trinajstić information content (AvgIpc) is 2.48. The van der Waals surface area contributed by atoms with Crippen molar-refractivity contribution in [2.75, 3.05) is 6.61 Å². The zero-order valence-corrected chi connectivity index (χ0v) is 13.4. The van der Waals surface area contributed by atoms with Crippen molar-refractivity contribution in [3.63, 3.8) is 0 Å². The summed E-state index contributed by atoms with van der Waals surface area (Å²) in [6.45, 7) is 3.73. The first-order valence-corrected chi connectivity index (χ1v) is 8.14. The molecule has 21 heavy (non-hydrogen) atoms. The van der Waals surface area contributed by atoms with Crippen LogP contribution in [0.5, 0.6) is 0 Å². The average molecular weight is 314 g/mol. The summed E-state index contributed by atoms with van der Waals surface area (Å²) in [6, 6.07) is 8.74. The Kier molecular flexibility index (Phi) is 7.75. The summed E-state index contributed by atoms with van der Waals surface area (Å²) in [6.07, 6.45) is 1.40. The van der Waals surface area contributed by atoms with Gasteiger partial charge in [0.25, 0.3) is 5.00 Å². The third-order valence-corrected chi connectivity index (χ3v) is 4.32. The number of unbranched alkanes of at least 4 members (excludes halogenated alkanes) is 2. The number of alkyl halides is 1. The quantitative estimate of drug-likeness (QED) is 0.426. The number of esters is 1. The van der Waals surface area contributed by atoms with Gasteiger partial charge in [0.05, 0.1) is 6.61 Å². The Morgan fingerprint density at radius 3 is 2.57 bits per heavy atom. The summed E-state index contributed by atoms with van der Waals surface area (Å²) >= 11 is 0.714. The fourth-order valence-corrected chi connectivity index (χ4v) is 2.94. The Bertz CT molecular complexity index is 427. The highest BCUT2D eigenvalue weighted by molar-refractivity contribution is 8.01. The van der Waals surface area contributed by atoms with Crippen molar-refractivity contribution in [2.24, 2.45) is 0 Å². The molecule has 0 heterocycles. The molecular weight excluding hydrogens is 291 g/mol. The maximum absolute atomic E-state index is 15.1. The lowest BCUT2D eigenvalue weighted by atomic mass is 10.1. The largest absolute Gasteiger partial charge is 0.463 e. The molecule has 0 bridgehead atoms. The molecule has 0 spiro atoms. The van der Waals surface area contributed by atoms with Crippen molar-refractivity contribution < 1.29 is 19.0 Å². The monoisotopic (exact) mass is 314 g/mol. The van der Waals surface area contributed by atoms with Crippen LogP contribution >= 0.6 is 11.8 Å². The molecule has 2 unspecified atom stereocenters. The topological polar surface area (TPSA) is 46.5 Å². The molecule has 1 aromatic carbocycles. The molecule has 0 aliphatic carbocycles. The Hall–Kier alpha value is -1.07. The van der Waals surface area contributed by atoms with Gasteiger partial charge < -0.3 is 9.84 Å². The zero-order valence-electron chi connectivity index (χ0n) is 12.5. The van der Waals surface area contributed by atoms with Crippen LogP contribution in [0.1, 0.15) is 39.5 Å². The van der Waals surface area contributed by atoms with E-state index < -0.39 is 17.1 Å². The predicted octanol–water partition coefficient (Wildman–Crippen LogP) is 3.95. The number of carbonyl (C=O) groups excluding carboxylic acids is 1. The van der Waals surface area contributed by atoms with Crippen molar-refractivity contribution in [2.45, 2.75) is 55.5 Å². The number of benzene rings is 1. The fraction of sp³-hybridized carbons (Fsp3) is 0.562. The van der Waals surface area contributed by atoms with Crippen molar-refractivity contribution in [3.8, 4) is 0 Å². The van der Waals surface area contributed by atoms with Crippen molar-refractivity contribution in [1.29, 1.82) is 0 Å². The third kappa shape index (κ3) is 5.32. The standard InChI is InChI=1S/C16H23FO3S/c1-3-5-7-12-14(18)16(17,15(19)20-4-2)21-13-10-8-6-9-11-13/h6,8-11,14,18H,3-5,7,12H2,1-2H3. The van der Waals surface area contributed by atoms with Crippen LogP contribution in [0.2, 0.25) is 0 Å². The van der Waals surface area contributed by atoms with Gasteiger partial charge in [-0.15, -0.1) is 0 Å². The van der Waals surface area contributed by atoms with Gasteiger partial charge in [-0.3, -0.25) is 0 Å². The van der Waals surface area contributed by atoms with Gasteiger partial charge >= 0.3 is 5.97 Å². The van der Waals surface area contributed by atoms with Crippen LogP contribution in [0.15, 0.2) is 35.2 Å². The van der Waals surface area contributed by atoms with E-state index in [4.69, 9.17) is 4.74 Å². The van der Waals surface area contributed by atoms with Gasteiger partial charge in [-0.25, -0.2) is 9.18 Å². The van der Waals surface area contributed by atoms with Crippen LogP contribution in [0.4, 0.5) is 4.39 Å². The fourth-order valence-electron chi connectivity index (χ4n) is 1.91. The van der Waals surface area contributed by atoms with Gasteiger partial charge in [0.15, 0.2) is 0 Å². The maximum Gasteiger partial charge on any atom is 0.357 e. The van der Waals surface area contributed by atoms with Crippen molar-refractivity contribution in [3.05, 3.63) is 30.3 Å². The summed E-state index contributed by atoms with van der Waals surface area (Å²) in [5, 5.41) is 7.69. The lowest BCUT2D eigenvalue weighted by molar-refractivity contribution is -0.156. The highest BCUT2D eigenvalue weighted by Crippen LogP contribution is 2.39. The number of hydrogen-bond acceptors (Lipinski definition) is 4. The van der Waals surface area contributed by atoms with Crippen LogP contribution in [0.3, 0.4) is 0 Å². The molecule has 1 aromatic rings. The summed E-state index contributed by atoms with van der Waals surface area (Å²) in [7, 11) is 0. The molecule has 0 aliphatic rings. The van der Waals surface area contributed by atoms with Gasteiger partial charge in [-0.05, 0) is 25.5 Å². The molecule has 5 heteroatoms. The molecule has 1 N–H and O–H groups in total. The van der Waals surface area contributed by atoms with Gasteiger partial charge in [-0.1, -0.05) is 56.1 Å². The minimum Gasteiger partial charge on any atom is -0.463 e. The van der Waals surface area contributed by atoms with Gasteiger partial charge in [0, 0.05) is 4.90 Å². The van der Waals surface area contributed by atoms with Gasteiger partial charge in [-0.2, -0.15) is 0 Å². The summed E-state index contributed by atoms with van der Waals surface area (Å²) in [5.41, 5.74) is 0. The number of aliphatic hydroxyl groups excluding tert-OH is 1. The van der Waals surface area contributed by atoms with Gasteiger partial charge in [0.1, 0.15) is 6.10 Å². The van der Waals surface area contributed by atoms with E-state index in [-0.39, 0.29) is 13.0 Å². The summed E-state index contributed by atoms with van der Waals surface area (Å²) < 4.78 is 19.9. The summed E-state index contributed by atoms with van der Waals surface area (Å²) in [4.78, 5) is 12.6. The van der Waals surface area contributed by atoms with E-state index >= 15 is 4.39 Å². The van der Waals surface area contributed by atoms with Crippen molar-refractivity contribution in [1.82, 2.24) is 0 Å². The van der Waals surface area contributed by atoms with Crippen LogP contribution < -0.4 is 0 Å². The number of aliphatic hydroxyl groups is 1. The first kappa shape index (κ1) is 18.0. The molecule has 3 nitrogen and oxygen atoms in total. The van der Waals surface area contributed by atoms with Crippen LogP contribution in [-0.4, -0.2) is 28.8 Å². The van der Waals surface area contributed by atoms with Crippen LogP contribution in [-0.2, 0) is 9.53 Å². The molecule has 0 saturated carbocycles. The number of halogens is 1. The van der Waals surface area contributed by atoms with E-state index in [1.165, 1.54) is 0 Å². The molecular formula is C16H23FO3S. The Labute approximate surface area is 129 Å². The molecule has 0 amide bonds. The van der Waals surface area contributed by atoms with Crippen molar-refractivity contribution >= 4 is 17.7 Å².